The second-order valence-electron chi connectivity index (χ2n) is 13.3. The van der Waals surface area contributed by atoms with Crippen LogP contribution in [0.1, 0.15) is 82.2 Å². The number of fused-ring (bicyclic) bond motifs is 5. The largest absolute Gasteiger partial charge is 0.494 e. The van der Waals surface area contributed by atoms with Gasteiger partial charge in [0.2, 0.25) is 0 Å². The van der Waals surface area contributed by atoms with Crippen LogP contribution in [-0.4, -0.2) is 77.0 Å². The van der Waals surface area contributed by atoms with Crippen LogP contribution in [-0.2, 0) is 37.8 Å². The van der Waals surface area contributed by atoms with E-state index in [9.17, 15) is 24.3 Å². The SMILES string of the molecule is CCC1c2cc(OCCCNC(=O)OCCSSCCNC(=O)OC(C)(C)C)ccc2N=C2c3cc4c(c(=O)n3CC21)COC(=O)[C@]4(O)CC. The number of cyclic esters (lactones) is 1. The minimum absolute atomic E-state index is 0.0426. The van der Waals surface area contributed by atoms with Gasteiger partial charge in [0.05, 0.1) is 29.3 Å². The lowest BCUT2D eigenvalue weighted by molar-refractivity contribution is -0.172. The fourth-order valence-electron chi connectivity index (χ4n) is 6.40. The van der Waals surface area contributed by atoms with Gasteiger partial charge >= 0.3 is 18.2 Å². The summed E-state index contributed by atoms with van der Waals surface area (Å²) >= 11 is 0. The number of alkyl carbamates (subject to hydrolysis) is 2. The van der Waals surface area contributed by atoms with Gasteiger partial charge in [-0.2, -0.15) is 0 Å². The van der Waals surface area contributed by atoms with E-state index >= 15 is 0 Å². The molecule has 3 N–H and O–H groups in total. The average molecular weight is 731 g/mol. The molecule has 5 rings (SSSR count). The number of aliphatic imine (C=N–C) groups is 1. The minimum atomic E-state index is -1.86. The summed E-state index contributed by atoms with van der Waals surface area (Å²) in [6.45, 7) is 11.1. The number of nitrogens with zero attached hydrogens (tertiary/aromatic N) is 2. The monoisotopic (exact) mass is 730 g/mol. The lowest BCUT2D eigenvalue weighted by Gasteiger charge is -2.31. The van der Waals surface area contributed by atoms with E-state index in [0.717, 1.165) is 23.4 Å². The van der Waals surface area contributed by atoms with Crippen molar-refractivity contribution in [3.63, 3.8) is 0 Å². The Hall–Kier alpha value is -3.69. The van der Waals surface area contributed by atoms with Crippen LogP contribution >= 0.6 is 21.6 Å². The van der Waals surface area contributed by atoms with Gasteiger partial charge in [-0.25, -0.2) is 14.4 Å². The second-order valence-corrected chi connectivity index (χ2v) is 16.0. The van der Waals surface area contributed by atoms with Crippen LogP contribution in [0.15, 0.2) is 34.1 Å². The second kappa shape index (κ2) is 16.1. The predicted molar refractivity (Wildman–Crippen MR) is 192 cm³/mol. The van der Waals surface area contributed by atoms with E-state index in [2.05, 4.69) is 17.6 Å². The summed E-state index contributed by atoms with van der Waals surface area (Å²) < 4.78 is 23.3. The van der Waals surface area contributed by atoms with Crippen molar-refractivity contribution in [1.82, 2.24) is 15.2 Å². The third-order valence-electron chi connectivity index (χ3n) is 8.80. The number of nitrogens with one attached hydrogen (secondary N) is 2. The van der Waals surface area contributed by atoms with Crippen LogP contribution in [0, 0.1) is 5.92 Å². The summed E-state index contributed by atoms with van der Waals surface area (Å²) in [6.07, 6.45) is 0.584. The highest BCUT2D eigenvalue weighted by Crippen LogP contribution is 2.46. The van der Waals surface area contributed by atoms with Crippen LogP contribution in [0.2, 0.25) is 0 Å². The first-order chi connectivity index (χ1) is 23.9. The number of ether oxygens (including phenoxy) is 4. The molecule has 50 heavy (non-hydrogen) atoms. The predicted octanol–water partition coefficient (Wildman–Crippen LogP) is 5.16. The topological polar surface area (TPSA) is 167 Å². The normalized spacial score (nSPS) is 20.4. The van der Waals surface area contributed by atoms with E-state index in [1.165, 1.54) is 0 Å². The highest BCUT2D eigenvalue weighted by molar-refractivity contribution is 8.76. The number of carbonyl (C=O) groups is 3. The Balaban J connectivity index is 1.07. The van der Waals surface area contributed by atoms with Gasteiger partial charge in [-0.3, -0.25) is 9.79 Å². The summed E-state index contributed by atoms with van der Waals surface area (Å²) in [5.41, 5.74) is 1.27. The van der Waals surface area contributed by atoms with Crippen LogP contribution in [0.3, 0.4) is 0 Å². The molecule has 272 valence electrons. The number of benzene rings is 1. The molecule has 3 atom stereocenters. The van der Waals surface area contributed by atoms with Crippen molar-refractivity contribution < 1.29 is 38.4 Å². The average Bonchev–Trinajstić information content (AvgIpc) is 3.44. The lowest BCUT2D eigenvalue weighted by Crippen LogP contribution is -2.44. The zero-order valence-electron chi connectivity index (χ0n) is 29.2. The fourth-order valence-corrected chi connectivity index (χ4v) is 8.13. The van der Waals surface area contributed by atoms with Gasteiger partial charge in [-0.05, 0) is 75.8 Å². The number of hydrogen-bond acceptors (Lipinski definition) is 12. The van der Waals surface area contributed by atoms with E-state index in [1.807, 2.05) is 39.0 Å². The number of aliphatic hydroxyl groups is 1. The van der Waals surface area contributed by atoms with Gasteiger partial charge < -0.3 is 39.3 Å². The zero-order valence-corrected chi connectivity index (χ0v) is 30.8. The highest BCUT2D eigenvalue weighted by Gasteiger charge is 2.47. The van der Waals surface area contributed by atoms with E-state index in [0.29, 0.717) is 66.7 Å². The number of esters is 1. The zero-order chi connectivity index (χ0) is 36.1. The Morgan fingerprint density at radius 3 is 2.58 bits per heavy atom. The lowest BCUT2D eigenvalue weighted by atomic mass is 9.78. The molecule has 3 aliphatic heterocycles. The molecule has 0 aliphatic carbocycles. The summed E-state index contributed by atoms with van der Waals surface area (Å²) in [5, 5.41) is 16.6. The number of carbonyl (C=O) groups excluding carboxylic acids is 3. The van der Waals surface area contributed by atoms with Crippen molar-refractivity contribution in [3.05, 3.63) is 57.0 Å². The maximum absolute atomic E-state index is 13.6. The first kappa shape index (κ1) is 37.6. The van der Waals surface area contributed by atoms with Crippen LogP contribution in [0.4, 0.5) is 15.3 Å². The van der Waals surface area contributed by atoms with Gasteiger partial charge in [0.15, 0.2) is 5.60 Å². The van der Waals surface area contributed by atoms with Crippen molar-refractivity contribution in [2.24, 2.45) is 10.9 Å². The molecule has 2 unspecified atom stereocenters. The van der Waals surface area contributed by atoms with E-state index in [1.54, 1.807) is 39.1 Å². The first-order valence-electron chi connectivity index (χ1n) is 17.0. The summed E-state index contributed by atoms with van der Waals surface area (Å²) in [7, 11) is 3.14. The molecule has 1 aromatic heterocycles. The van der Waals surface area contributed by atoms with Crippen LogP contribution in [0.5, 0.6) is 5.75 Å². The van der Waals surface area contributed by atoms with Gasteiger partial charge in [0.1, 0.15) is 24.6 Å². The molecule has 0 saturated heterocycles. The van der Waals surface area contributed by atoms with Crippen LogP contribution < -0.4 is 20.9 Å². The van der Waals surface area contributed by atoms with Crippen molar-refractivity contribution in [1.29, 1.82) is 0 Å². The van der Waals surface area contributed by atoms with E-state index in [4.69, 9.17) is 23.9 Å². The Morgan fingerprint density at radius 2 is 1.84 bits per heavy atom. The minimum Gasteiger partial charge on any atom is -0.494 e. The van der Waals surface area contributed by atoms with Gasteiger partial charge in [0.25, 0.3) is 5.56 Å². The van der Waals surface area contributed by atoms with Crippen molar-refractivity contribution in [2.45, 2.75) is 84.2 Å². The summed E-state index contributed by atoms with van der Waals surface area (Å²) in [5.74, 6) is 1.34. The standard InChI is InChI=1S/C35H46N4O9S2/c1-6-22-23-17-21(45-13-8-11-36-32(42)46-14-16-50-49-15-12-37-33(43)48-34(3,4)5)9-10-27(23)38-29-24(22)19-39-28(29)18-26-25(30(39)40)20-47-31(41)35(26,44)7-2/h9-10,17-18,22,24,44H,6-8,11-16,19-20H2,1-5H3,(H,36,42)(H,37,43)/t22?,24?,35-/m0/s1. The number of aromatic nitrogens is 1. The summed E-state index contributed by atoms with van der Waals surface area (Å²) in [4.78, 5) is 54.7. The molecule has 2 amide bonds. The molecule has 3 aliphatic rings. The highest BCUT2D eigenvalue weighted by atomic mass is 33.1. The first-order valence-corrected chi connectivity index (χ1v) is 19.5. The molecular weight excluding hydrogens is 685 g/mol. The molecule has 0 bridgehead atoms. The maximum Gasteiger partial charge on any atom is 0.407 e. The fraction of sp³-hybridized carbons (Fsp3) is 0.571. The van der Waals surface area contributed by atoms with E-state index in [-0.39, 0.29) is 37.0 Å². The molecule has 13 nitrogen and oxygen atoms in total. The van der Waals surface area contributed by atoms with E-state index < -0.39 is 29.4 Å². The molecule has 0 spiro atoms. The Labute approximate surface area is 299 Å². The molecule has 15 heteroatoms. The maximum atomic E-state index is 13.6. The number of pyridine rings is 1. The van der Waals surface area contributed by atoms with Gasteiger partial charge in [-0.15, -0.1) is 0 Å². The molecule has 2 aromatic rings. The third kappa shape index (κ3) is 8.43. The van der Waals surface area contributed by atoms with Crippen molar-refractivity contribution in [2.75, 3.05) is 37.8 Å². The molecule has 1 aromatic carbocycles. The Morgan fingerprint density at radius 1 is 1.08 bits per heavy atom. The molecule has 0 fully saturated rings. The smallest absolute Gasteiger partial charge is 0.407 e. The van der Waals surface area contributed by atoms with Gasteiger partial charge in [-0.1, -0.05) is 35.4 Å². The third-order valence-corrected chi connectivity index (χ3v) is 11.2. The number of amides is 2. The number of rotatable bonds is 14. The van der Waals surface area contributed by atoms with Gasteiger partial charge in [0, 0.05) is 42.6 Å². The number of hydrogen-bond donors (Lipinski definition) is 3. The van der Waals surface area contributed by atoms with Crippen LogP contribution in [0.25, 0.3) is 0 Å². The molecule has 0 saturated carbocycles. The molecule has 0 radical (unpaired) electrons. The quantitative estimate of drug-likeness (QED) is 0.102. The van der Waals surface area contributed by atoms with Crippen molar-refractivity contribution in [3.8, 4) is 5.75 Å². The Kier molecular flexibility index (Phi) is 12.1. The summed E-state index contributed by atoms with van der Waals surface area (Å²) in [6, 6.07) is 7.54. The molecule has 4 heterocycles. The molecular formula is C35H46N4O9S2. The van der Waals surface area contributed by atoms with Crippen molar-refractivity contribution >= 4 is 51.1 Å². The Bertz CT molecular complexity index is 1690.